The van der Waals surface area contributed by atoms with Crippen molar-refractivity contribution in [2.45, 2.75) is 19.1 Å². The molecule has 11 heteroatoms. The molecule has 0 aliphatic rings. The maximum absolute atomic E-state index is 14.0. The average Bonchev–Trinajstić information content (AvgIpc) is 3.09. The molecule has 0 fully saturated rings. The van der Waals surface area contributed by atoms with Crippen LogP contribution in [0.1, 0.15) is 8.35 Å². The van der Waals surface area contributed by atoms with E-state index in [9.17, 15) is 22.4 Å². The zero-order chi connectivity index (χ0) is 19.6. The number of amides is 1. The maximum atomic E-state index is 14.0. The molecule has 0 spiro atoms. The number of H-pyrrole nitrogens is 1. The van der Waals surface area contributed by atoms with Crippen molar-refractivity contribution in [3.8, 4) is 11.4 Å². The number of carbonyl (C=O) groups excluding carboxylic acids is 1. The minimum absolute atomic E-state index is 0. The Morgan fingerprint density at radius 2 is 2.11 bits per heavy atom. The molecule has 1 amide bonds. The summed E-state index contributed by atoms with van der Waals surface area (Å²) in [5, 5.41) is 4.91. The smallest absolute Gasteiger partial charge is 0.356 e. The van der Waals surface area contributed by atoms with E-state index in [0.717, 1.165) is 6.20 Å². The van der Waals surface area contributed by atoms with Crippen LogP contribution in [0, 0.1) is 5.82 Å². The first-order valence-corrected chi connectivity index (χ1v) is 7.80. The number of hydrogen-bond donors (Lipinski definition) is 3. The first-order chi connectivity index (χ1) is 12.7. The number of aromatic nitrogens is 4. The van der Waals surface area contributed by atoms with Crippen molar-refractivity contribution in [3.05, 3.63) is 36.5 Å². The van der Waals surface area contributed by atoms with E-state index >= 15 is 0 Å². The fraction of sp³-hybridized carbons (Fsp3) is 0.250. The lowest BCUT2D eigenvalue weighted by atomic mass is 10.2. The van der Waals surface area contributed by atoms with Gasteiger partial charge < -0.3 is 15.6 Å². The maximum Gasteiger partial charge on any atom is 0.405 e. The van der Waals surface area contributed by atoms with Crippen LogP contribution in [-0.4, -0.2) is 44.6 Å². The summed E-state index contributed by atoms with van der Waals surface area (Å²) >= 11 is 0. The van der Waals surface area contributed by atoms with Crippen LogP contribution in [0.4, 0.5) is 23.4 Å². The Morgan fingerprint density at radius 1 is 1.33 bits per heavy atom. The topological polar surface area (TPSA) is 95.6 Å². The Bertz CT molecular complexity index is 977. The lowest BCUT2D eigenvalue weighted by Gasteiger charge is -2.16. The Morgan fingerprint density at radius 3 is 2.85 bits per heavy atom. The van der Waals surface area contributed by atoms with Gasteiger partial charge in [0.05, 0.1) is 6.20 Å². The largest absolute Gasteiger partial charge is 0.405 e. The summed E-state index contributed by atoms with van der Waals surface area (Å²) in [6.07, 6.45) is -0.409. The van der Waals surface area contributed by atoms with Gasteiger partial charge in [0, 0.05) is 24.8 Å². The minimum atomic E-state index is -4.54. The average molecular weight is 384 g/mol. The molecule has 144 valence electrons. The number of nitrogens with one attached hydrogen (secondary N) is 3. The summed E-state index contributed by atoms with van der Waals surface area (Å²) < 4.78 is 50.6. The lowest BCUT2D eigenvalue weighted by Crippen LogP contribution is -2.42. The monoisotopic (exact) mass is 384 g/mol. The van der Waals surface area contributed by atoms with Crippen LogP contribution in [0.3, 0.4) is 0 Å². The van der Waals surface area contributed by atoms with Gasteiger partial charge in [0.2, 0.25) is 5.91 Å². The van der Waals surface area contributed by atoms with Crippen molar-refractivity contribution in [1.82, 2.24) is 25.3 Å². The van der Waals surface area contributed by atoms with Gasteiger partial charge >= 0.3 is 6.18 Å². The van der Waals surface area contributed by atoms with Crippen LogP contribution in [0.15, 0.2) is 30.7 Å². The second kappa shape index (κ2) is 7.17. The second-order valence-electron chi connectivity index (χ2n) is 5.69. The van der Waals surface area contributed by atoms with E-state index in [2.05, 4.69) is 25.3 Å². The van der Waals surface area contributed by atoms with E-state index in [0.29, 0.717) is 16.6 Å². The number of aromatic amines is 1. The predicted octanol–water partition coefficient (Wildman–Crippen LogP) is 2.88. The number of fused-ring (bicyclic) bond motifs is 1. The highest BCUT2D eigenvalue weighted by Crippen LogP contribution is 2.25. The van der Waals surface area contributed by atoms with Gasteiger partial charge in [0.15, 0.2) is 17.5 Å². The molecule has 3 heterocycles. The molecule has 0 radical (unpaired) electrons. The van der Waals surface area contributed by atoms with Crippen molar-refractivity contribution in [2.75, 3.05) is 11.9 Å². The standard InChI is InChI=1S/C16H14F4N6O.H2/c1-8(15(27)24-7-16(18,19)20)25-14-11(17)6-23-13(26-14)10-3-5-22-12-9(10)2-4-21-12;/h2-6,8H,7H2,1H3,(H,21,22)(H,24,27)(H,23,25,26);1H/t8-;/m0./s1. The van der Waals surface area contributed by atoms with Crippen LogP contribution >= 0.6 is 0 Å². The predicted molar refractivity (Wildman–Crippen MR) is 91.3 cm³/mol. The normalized spacial score (nSPS) is 12.8. The van der Waals surface area contributed by atoms with Gasteiger partial charge in [-0.25, -0.2) is 19.3 Å². The molecule has 3 rings (SSSR count). The van der Waals surface area contributed by atoms with E-state index in [1.165, 1.54) is 13.1 Å². The van der Waals surface area contributed by atoms with Gasteiger partial charge in [-0.05, 0) is 19.1 Å². The van der Waals surface area contributed by atoms with Gasteiger partial charge in [-0.3, -0.25) is 4.79 Å². The third kappa shape index (κ3) is 4.30. The Balaban J connectivity index is 0.00000280. The van der Waals surface area contributed by atoms with E-state index in [4.69, 9.17) is 0 Å². The molecule has 3 aromatic rings. The van der Waals surface area contributed by atoms with Crippen LogP contribution in [0.2, 0.25) is 0 Å². The zero-order valence-corrected chi connectivity index (χ0v) is 13.9. The van der Waals surface area contributed by atoms with Gasteiger partial charge in [-0.1, -0.05) is 0 Å². The molecule has 1 atom stereocenters. The molecule has 0 saturated carbocycles. The van der Waals surface area contributed by atoms with Crippen molar-refractivity contribution in [3.63, 3.8) is 0 Å². The molecule has 0 bridgehead atoms. The van der Waals surface area contributed by atoms with Crippen molar-refractivity contribution in [1.29, 1.82) is 0 Å². The molecular weight excluding hydrogens is 368 g/mol. The number of nitrogens with zero attached hydrogens (tertiary/aromatic N) is 3. The van der Waals surface area contributed by atoms with Crippen molar-refractivity contribution >= 4 is 22.8 Å². The van der Waals surface area contributed by atoms with Crippen LogP contribution in [-0.2, 0) is 4.79 Å². The molecular formula is C16H16F4N6O. The molecule has 3 aromatic heterocycles. The summed E-state index contributed by atoms with van der Waals surface area (Å²) in [4.78, 5) is 26.8. The Hall–Kier alpha value is -3.24. The number of alkyl halides is 3. The number of halogens is 4. The number of pyridine rings is 1. The summed E-state index contributed by atoms with van der Waals surface area (Å²) in [5.41, 5.74) is 1.17. The second-order valence-corrected chi connectivity index (χ2v) is 5.69. The summed E-state index contributed by atoms with van der Waals surface area (Å²) in [7, 11) is 0. The number of carbonyl (C=O) groups is 1. The molecule has 27 heavy (non-hydrogen) atoms. The van der Waals surface area contributed by atoms with Gasteiger partial charge in [0.25, 0.3) is 0 Å². The van der Waals surface area contributed by atoms with Gasteiger partial charge in [-0.15, -0.1) is 0 Å². The molecule has 3 N–H and O–H groups in total. The first-order valence-electron chi connectivity index (χ1n) is 7.80. The first kappa shape index (κ1) is 18.5. The minimum Gasteiger partial charge on any atom is -0.356 e. The summed E-state index contributed by atoms with van der Waals surface area (Å²) in [6, 6.07) is 2.26. The highest BCUT2D eigenvalue weighted by atomic mass is 19.4. The van der Waals surface area contributed by atoms with Crippen molar-refractivity contribution < 1.29 is 23.8 Å². The number of rotatable bonds is 5. The molecule has 0 aliphatic heterocycles. The van der Waals surface area contributed by atoms with Gasteiger partial charge in [0.1, 0.15) is 18.2 Å². The summed E-state index contributed by atoms with van der Waals surface area (Å²) in [5.74, 6) is -1.90. The highest BCUT2D eigenvalue weighted by molar-refractivity contribution is 5.91. The molecule has 7 nitrogen and oxygen atoms in total. The number of hydrogen-bond acceptors (Lipinski definition) is 5. The van der Waals surface area contributed by atoms with Crippen LogP contribution < -0.4 is 10.6 Å². The fourth-order valence-corrected chi connectivity index (χ4v) is 2.37. The third-order valence-electron chi connectivity index (χ3n) is 3.65. The van der Waals surface area contributed by atoms with E-state index in [1.807, 2.05) is 0 Å². The van der Waals surface area contributed by atoms with Crippen LogP contribution in [0.5, 0.6) is 0 Å². The Kier molecular flexibility index (Phi) is 4.93. The Labute approximate surface area is 151 Å². The lowest BCUT2D eigenvalue weighted by molar-refractivity contribution is -0.138. The fourth-order valence-electron chi connectivity index (χ4n) is 2.37. The molecule has 0 aromatic carbocycles. The number of anilines is 1. The molecule has 0 aliphatic carbocycles. The van der Waals surface area contributed by atoms with E-state index in [-0.39, 0.29) is 13.1 Å². The van der Waals surface area contributed by atoms with Crippen molar-refractivity contribution in [2.24, 2.45) is 0 Å². The molecule has 0 saturated heterocycles. The van der Waals surface area contributed by atoms with Crippen LogP contribution in [0.25, 0.3) is 22.4 Å². The van der Waals surface area contributed by atoms with E-state index < -0.39 is 30.5 Å². The quantitative estimate of drug-likeness (QED) is 0.588. The third-order valence-corrected chi connectivity index (χ3v) is 3.65. The SMILES string of the molecule is C[C@H](Nc1nc(-c2ccnc3[nH]ccc23)ncc1F)C(=O)NCC(F)(F)F.[HH]. The summed E-state index contributed by atoms with van der Waals surface area (Å²) in [6.45, 7) is -0.179. The van der Waals surface area contributed by atoms with Gasteiger partial charge in [-0.2, -0.15) is 13.2 Å². The highest BCUT2D eigenvalue weighted by Gasteiger charge is 2.29. The molecule has 0 unspecified atom stereocenters. The zero-order valence-electron chi connectivity index (χ0n) is 13.9. The van der Waals surface area contributed by atoms with E-state index in [1.54, 1.807) is 23.6 Å².